The van der Waals surface area contributed by atoms with Gasteiger partial charge in [-0.1, -0.05) is 34.1 Å². The quantitative estimate of drug-likeness (QED) is 0.557. The van der Waals surface area contributed by atoms with Gasteiger partial charge in [-0.3, -0.25) is 0 Å². The minimum atomic E-state index is 0.679. The van der Waals surface area contributed by atoms with Crippen molar-refractivity contribution in [3.63, 3.8) is 0 Å². The van der Waals surface area contributed by atoms with Gasteiger partial charge in [-0.25, -0.2) is 0 Å². The first-order chi connectivity index (χ1) is 5.57. The van der Waals surface area contributed by atoms with Crippen LogP contribution in [0.5, 0.6) is 0 Å². The average Bonchev–Trinajstić information content (AvgIpc) is 2.02. The molecule has 0 radical (unpaired) electrons. The summed E-state index contributed by atoms with van der Waals surface area (Å²) in [6.45, 7) is 9.81. The maximum Gasteiger partial charge on any atom is -0.0292 e. The highest BCUT2D eigenvalue weighted by atomic mass is 14.6. The molecule has 2 bridgehead atoms. The van der Waals surface area contributed by atoms with Crippen LogP contribution in [0.4, 0.5) is 0 Å². The highest BCUT2D eigenvalue weighted by Crippen LogP contribution is 2.63. The standard InChI is InChI=1S/C12H22/c1-5-9-6-8(2)10-7-11(9)12(10,3)4/h8-11H,5-7H2,1-4H3. The number of rotatable bonds is 1. The van der Waals surface area contributed by atoms with Crippen LogP contribution >= 0.6 is 0 Å². The Bertz CT molecular complexity index is 180. The van der Waals surface area contributed by atoms with Crippen molar-refractivity contribution in [2.24, 2.45) is 29.1 Å². The van der Waals surface area contributed by atoms with Crippen molar-refractivity contribution in [2.75, 3.05) is 0 Å². The molecule has 0 aromatic carbocycles. The fourth-order valence-corrected chi connectivity index (χ4v) is 4.02. The van der Waals surface area contributed by atoms with Crippen LogP contribution in [-0.2, 0) is 0 Å². The van der Waals surface area contributed by atoms with Gasteiger partial charge in [0.25, 0.3) is 0 Å². The molecule has 0 heteroatoms. The zero-order chi connectivity index (χ0) is 8.93. The molecule has 0 N–H and O–H groups in total. The Kier molecular flexibility index (Phi) is 1.79. The van der Waals surface area contributed by atoms with Crippen LogP contribution in [0.3, 0.4) is 0 Å². The van der Waals surface area contributed by atoms with Crippen LogP contribution in [-0.4, -0.2) is 0 Å². The normalized spacial score (nSPS) is 50.0. The van der Waals surface area contributed by atoms with Gasteiger partial charge >= 0.3 is 0 Å². The maximum absolute atomic E-state index is 2.49. The molecule has 3 aliphatic carbocycles. The lowest BCUT2D eigenvalue weighted by molar-refractivity contribution is -0.137. The molecular weight excluding hydrogens is 144 g/mol. The van der Waals surface area contributed by atoms with Crippen molar-refractivity contribution in [1.29, 1.82) is 0 Å². The molecule has 3 fully saturated rings. The van der Waals surface area contributed by atoms with E-state index >= 15 is 0 Å². The van der Waals surface area contributed by atoms with Crippen molar-refractivity contribution < 1.29 is 0 Å². The second-order valence-electron chi connectivity index (χ2n) is 5.65. The molecule has 3 saturated carbocycles. The molecule has 0 aromatic heterocycles. The smallest absolute Gasteiger partial charge is 0.0292 e. The lowest BCUT2D eigenvalue weighted by Gasteiger charge is -2.63. The minimum absolute atomic E-state index is 0.679. The molecule has 4 unspecified atom stereocenters. The summed E-state index contributed by atoms with van der Waals surface area (Å²) in [4.78, 5) is 0. The summed E-state index contributed by atoms with van der Waals surface area (Å²) in [5.74, 6) is 4.14. The minimum Gasteiger partial charge on any atom is -0.0651 e. The van der Waals surface area contributed by atoms with Gasteiger partial charge in [0, 0.05) is 0 Å². The van der Waals surface area contributed by atoms with Gasteiger partial charge in [0.15, 0.2) is 0 Å². The van der Waals surface area contributed by atoms with E-state index in [0.717, 1.165) is 23.7 Å². The molecule has 0 aromatic rings. The first kappa shape index (κ1) is 8.59. The second kappa shape index (κ2) is 2.49. The molecule has 0 nitrogen and oxygen atoms in total. The zero-order valence-electron chi connectivity index (χ0n) is 8.93. The molecule has 0 saturated heterocycles. The Balaban J connectivity index is 2.16. The summed E-state index contributed by atoms with van der Waals surface area (Å²) in [7, 11) is 0. The molecule has 0 aliphatic heterocycles. The van der Waals surface area contributed by atoms with E-state index in [0.29, 0.717) is 5.41 Å². The Morgan fingerprint density at radius 3 is 2.25 bits per heavy atom. The molecular formula is C12H22. The summed E-state index contributed by atoms with van der Waals surface area (Å²) in [5, 5.41) is 0. The first-order valence-electron chi connectivity index (χ1n) is 5.57. The number of hydrogen-bond acceptors (Lipinski definition) is 0. The summed E-state index contributed by atoms with van der Waals surface area (Å²) in [6.07, 6.45) is 4.45. The summed E-state index contributed by atoms with van der Waals surface area (Å²) < 4.78 is 0. The molecule has 0 heterocycles. The predicted molar refractivity (Wildman–Crippen MR) is 52.9 cm³/mol. The van der Waals surface area contributed by atoms with Gasteiger partial charge in [0.05, 0.1) is 0 Å². The van der Waals surface area contributed by atoms with E-state index in [1.807, 2.05) is 0 Å². The summed E-state index contributed by atoms with van der Waals surface area (Å²) in [5.41, 5.74) is 0.679. The lowest BCUT2D eigenvalue weighted by atomic mass is 9.42. The van der Waals surface area contributed by atoms with Crippen molar-refractivity contribution in [1.82, 2.24) is 0 Å². The highest BCUT2D eigenvalue weighted by Gasteiger charge is 2.56. The van der Waals surface area contributed by atoms with Crippen molar-refractivity contribution >= 4 is 0 Å². The Morgan fingerprint density at radius 1 is 1.17 bits per heavy atom. The Labute approximate surface area is 76.7 Å². The van der Waals surface area contributed by atoms with Gasteiger partial charge in [-0.15, -0.1) is 0 Å². The van der Waals surface area contributed by atoms with Crippen molar-refractivity contribution in [2.45, 2.75) is 47.0 Å². The van der Waals surface area contributed by atoms with Crippen LogP contribution in [0.25, 0.3) is 0 Å². The van der Waals surface area contributed by atoms with E-state index in [4.69, 9.17) is 0 Å². The van der Waals surface area contributed by atoms with Crippen LogP contribution < -0.4 is 0 Å². The SMILES string of the molecule is CCC1CC(C)C2CC1C2(C)C. The average molecular weight is 166 g/mol. The van der Waals surface area contributed by atoms with Crippen LogP contribution in [0.2, 0.25) is 0 Å². The molecule has 3 rings (SSSR count). The largest absolute Gasteiger partial charge is 0.0651 e. The van der Waals surface area contributed by atoms with E-state index in [2.05, 4.69) is 27.7 Å². The first-order valence-corrected chi connectivity index (χ1v) is 5.57. The lowest BCUT2D eigenvalue weighted by Crippen LogP contribution is -2.55. The molecule has 0 spiro atoms. The van der Waals surface area contributed by atoms with Gasteiger partial charge in [-0.2, -0.15) is 0 Å². The second-order valence-corrected chi connectivity index (χ2v) is 5.65. The van der Waals surface area contributed by atoms with Gasteiger partial charge in [0.1, 0.15) is 0 Å². The van der Waals surface area contributed by atoms with Crippen LogP contribution in [0.1, 0.15) is 47.0 Å². The van der Waals surface area contributed by atoms with E-state index in [-0.39, 0.29) is 0 Å². The van der Waals surface area contributed by atoms with Crippen molar-refractivity contribution in [3.05, 3.63) is 0 Å². The maximum atomic E-state index is 2.49. The van der Waals surface area contributed by atoms with E-state index in [9.17, 15) is 0 Å². The van der Waals surface area contributed by atoms with E-state index in [1.54, 1.807) is 0 Å². The highest BCUT2D eigenvalue weighted by molar-refractivity contribution is 5.05. The summed E-state index contributed by atoms with van der Waals surface area (Å²) >= 11 is 0. The third kappa shape index (κ3) is 0.900. The predicted octanol–water partition coefficient (Wildman–Crippen LogP) is 3.71. The van der Waals surface area contributed by atoms with E-state index < -0.39 is 0 Å². The number of fused-ring (bicyclic) bond motifs is 2. The summed E-state index contributed by atoms with van der Waals surface area (Å²) in [6, 6.07) is 0. The van der Waals surface area contributed by atoms with Crippen LogP contribution in [0.15, 0.2) is 0 Å². The molecule has 0 amide bonds. The third-order valence-electron chi connectivity index (χ3n) is 4.87. The Hall–Kier alpha value is 0. The fourth-order valence-electron chi connectivity index (χ4n) is 4.02. The fraction of sp³-hybridized carbons (Fsp3) is 1.00. The molecule has 4 atom stereocenters. The molecule has 70 valence electrons. The van der Waals surface area contributed by atoms with Gasteiger partial charge in [-0.05, 0) is 41.9 Å². The van der Waals surface area contributed by atoms with Gasteiger partial charge in [0.2, 0.25) is 0 Å². The Morgan fingerprint density at radius 2 is 1.83 bits per heavy atom. The van der Waals surface area contributed by atoms with Gasteiger partial charge < -0.3 is 0 Å². The molecule has 3 aliphatic rings. The third-order valence-corrected chi connectivity index (χ3v) is 4.87. The number of hydrogen-bond donors (Lipinski definition) is 0. The van der Waals surface area contributed by atoms with E-state index in [1.165, 1.54) is 19.3 Å². The topological polar surface area (TPSA) is 0 Å². The zero-order valence-corrected chi connectivity index (χ0v) is 8.93. The van der Waals surface area contributed by atoms with Crippen molar-refractivity contribution in [3.8, 4) is 0 Å². The monoisotopic (exact) mass is 166 g/mol. The molecule has 12 heavy (non-hydrogen) atoms. The van der Waals surface area contributed by atoms with Crippen LogP contribution in [0, 0.1) is 29.1 Å².